The zero-order chi connectivity index (χ0) is 19.1. The molecule has 0 saturated heterocycles. The zero-order valence-corrected chi connectivity index (χ0v) is 15.3. The molecule has 2 N–H and O–H groups in total. The molecule has 0 aliphatic heterocycles. The van der Waals surface area contributed by atoms with Crippen molar-refractivity contribution in [2.75, 3.05) is 31.4 Å². The Morgan fingerprint density at radius 3 is 2.46 bits per heavy atom. The van der Waals surface area contributed by atoms with Gasteiger partial charge in [-0.25, -0.2) is 9.97 Å². The number of nitrogens with zero attached hydrogens (tertiary/aromatic N) is 3. The van der Waals surface area contributed by atoms with Gasteiger partial charge in [0.2, 0.25) is 11.6 Å². The molecule has 0 saturated carbocycles. The van der Waals surface area contributed by atoms with E-state index < -0.39 is 4.92 Å². The Morgan fingerprint density at radius 1 is 1.15 bits per heavy atom. The van der Waals surface area contributed by atoms with E-state index in [9.17, 15) is 10.1 Å². The normalized spacial score (nSPS) is 10.5. The molecular formula is C17H23N5O4. The minimum absolute atomic E-state index is 0.0169. The summed E-state index contributed by atoms with van der Waals surface area (Å²) >= 11 is 0. The number of ether oxygens (including phenoxy) is 2. The lowest BCUT2D eigenvalue weighted by Crippen LogP contribution is -2.15. The molecule has 0 aliphatic rings. The van der Waals surface area contributed by atoms with E-state index in [-0.39, 0.29) is 23.4 Å². The summed E-state index contributed by atoms with van der Waals surface area (Å²) in [4.78, 5) is 18.9. The van der Waals surface area contributed by atoms with Gasteiger partial charge in [-0.2, -0.15) is 0 Å². The maximum Gasteiger partial charge on any atom is 0.353 e. The summed E-state index contributed by atoms with van der Waals surface area (Å²) < 4.78 is 10.5. The average molecular weight is 361 g/mol. The van der Waals surface area contributed by atoms with E-state index in [0.29, 0.717) is 24.5 Å². The average Bonchev–Trinajstić information content (AvgIpc) is 2.60. The third kappa shape index (κ3) is 4.71. The van der Waals surface area contributed by atoms with Crippen molar-refractivity contribution in [3.8, 4) is 11.5 Å². The molecule has 0 bridgehead atoms. The van der Waals surface area contributed by atoms with E-state index in [1.807, 2.05) is 32.0 Å². The predicted molar refractivity (Wildman–Crippen MR) is 99.2 cm³/mol. The molecule has 140 valence electrons. The van der Waals surface area contributed by atoms with E-state index in [0.717, 1.165) is 5.56 Å². The third-order valence-corrected chi connectivity index (χ3v) is 3.58. The molecule has 26 heavy (non-hydrogen) atoms. The van der Waals surface area contributed by atoms with Crippen LogP contribution in [0.3, 0.4) is 0 Å². The Balaban J connectivity index is 2.11. The Kier molecular flexibility index (Phi) is 6.54. The molecule has 0 radical (unpaired) electrons. The standard InChI is InChI=1S/C17H23N5O4/c1-11(2)21-17-15(22(23)24)16(19-10-20-17)18-8-7-12-5-6-13(25-3)14(9-12)26-4/h5-6,9-11H,7-8H2,1-4H3,(H2,18,19,20,21). The van der Waals surface area contributed by atoms with Crippen LogP contribution in [0.5, 0.6) is 11.5 Å². The minimum Gasteiger partial charge on any atom is -0.493 e. The van der Waals surface area contributed by atoms with Crippen LogP contribution in [0.25, 0.3) is 0 Å². The molecular weight excluding hydrogens is 338 g/mol. The Morgan fingerprint density at radius 2 is 1.85 bits per heavy atom. The molecule has 0 spiro atoms. The highest BCUT2D eigenvalue weighted by Gasteiger charge is 2.23. The number of benzene rings is 1. The van der Waals surface area contributed by atoms with Gasteiger partial charge < -0.3 is 20.1 Å². The van der Waals surface area contributed by atoms with Gasteiger partial charge in [-0.05, 0) is 38.0 Å². The zero-order valence-electron chi connectivity index (χ0n) is 15.3. The summed E-state index contributed by atoms with van der Waals surface area (Å²) in [7, 11) is 3.16. The number of methoxy groups -OCH3 is 2. The van der Waals surface area contributed by atoms with Crippen molar-refractivity contribution < 1.29 is 14.4 Å². The topological polar surface area (TPSA) is 111 Å². The van der Waals surface area contributed by atoms with Gasteiger partial charge in [0.25, 0.3) is 0 Å². The molecule has 0 fully saturated rings. The van der Waals surface area contributed by atoms with E-state index in [1.54, 1.807) is 14.2 Å². The number of rotatable bonds is 9. The fourth-order valence-electron chi connectivity index (χ4n) is 2.42. The molecule has 1 heterocycles. The Labute approximate surface area is 151 Å². The maximum atomic E-state index is 11.4. The van der Waals surface area contributed by atoms with E-state index in [4.69, 9.17) is 9.47 Å². The first-order chi connectivity index (χ1) is 12.5. The third-order valence-electron chi connectivity index (χ3n) is 3.58. The quantitative estimate of drug-likeness (QED) is 0.518. The van der Waals surface area contributed by atoms with Gasteiger partial charge in [0.05, 0.1) is 19.1 Å². The van der Waals surface area contributed by atoms with Gasteiger partial charge in [-0.15, -0.1) is 0 Å². The van der Waals surface area contributed by atoms with Crippen molar-refractivity contribution in [3.63, 3.8) is 0 Å². The molecule has 1 aromatic heterocycles. The second kappa shape index (κ2) is 8.84. The van der Waals surface area contributed by atoms with Crippen LogP contribution < -0.4 is 20.1 Å². The smallest absolute Gasteiger partial charge is 0.353 e. The molecule has 0 atom stereocenters. The molecule has 0 aliphatic carbocycles. The largest absolute Gasteiger partial charge is 0.493 e. The summed E-state index contributed by atoms with van der Waals surface area (Å²) in [5.74, 6) is 1.68. The first-order valence-electron chi connectivity index (χ1n) is 8.17. The SMILES string of the molecule is COc1ccc(CCNc2ncnc(NC(C)C)c2[N+](=O)[O-])cc1OC. The van der Waals surface area contributed by atoms with Crippen molar-refractivity contribution in [3.05, 3.63) is 40.2 Å². The van der Waals surface area contributed by atoms with Crippen LogP contribution in [0.1, 0.15) is 19.4 Å². The second-order valence-corrected chi connectivity index (χ2v) is 5.84. The monoisotopic (exact) mass is 361 g/mol. The van der Waals surface area contributed by atoms with Crippen molar-refractivity contribution >= 4 is 17.3 Å². The van der Waals surface area contributed by atoms with Gasteiger partial charge in [0.1, 0.15) is 6.33 Å². The van der Waals surface area contributed by atoms with Crippen molar-refractivity contribution in [1.82, 2.24) is 9.97 Å². The number of anilines is 2. The summed E-state index contributed by atoms with van der Waals surface area (Å²) in [5.41, 5.74) is 0.848. The number of aromatic nitrogens is 2. The molecule has 2 rings (SSSR count). The van der Waals surface area contributed by atoms with E-state index in [1.165, 1.54) is 6.33 Å². The van der Waals surface area contributed by atoms with Gasteiger partial charge in [-0.1, -0.05) is 6.07 Å². The second-order valence-electron chi connectivity index (χ2n) is 5.84. The highest BCUT2D eigenvalue weighted by atomic mass is 16.6. The number of nitrogens with one attached hydrogen (secondary N) is 2. The first-order valence-corrected chi connectivity index (χ1v) is 8.17. The fraction of sp³-hybridized carbons (Fsp3) is 0.412. The maximum absolute atomic E-state index is 11.4. The Bertz CT molecular complexity index is 767. The Hall–Kier alpha value is -3.10. The van der Waals surface area contributed by atoms with E-state index in [2.05, 4.69) is 20.6 Å². The minimum atomic E-state index is -0.483. The molecule has 0 amide bonds. The van der Waals surface area contributed by atoms with Crippen LogP contribution in [0.4, 0.5) is 17.3 Å². The van der Waals surface area contributed by atoms with Gasteiger partial charge in [0.15, 0.2) is 11.5 Å². The van der Waals surface area contributed by atoms with Crippen molar-refractivity contribution in [2.45, 2.75) is 26.3 Å². The van der Waals surface area contributed by atoms with Crippen LogP contribution in [0.15, 0.2) is 24.5 Å². The summed E-state index contributed by atoms with van der Waals surface area (Å²) in [6.45, 7) is 4.24. The number of hydrogen-bond donors (Lipinski definition) is 2. The highest BCUT2D eigenvalue weighted by Crippen LogP contribution is 2.30. The predicted octanol–water partition coefficient (Wildman–Crippen LogP) is 2.88. The summed E-state index contributed by atoms with van der Waals surface area (Å²) in [5, 5.41) is 17.4. The molecule has 0 unspecified atom stereocenters. The van der Waals surface area contributed by atoms with Crippen LogP contribution >= 0.6 is 0 Å². The molecule has 1 aromatic carbocycles. The van der Waals surface area contributed by atoms with Gasteiger partial charge in [-0.3, -0.25) is 10.1 Å². The van der Waals surface area contributed by atoms with E-state index >= 15 is 0 Å². The molecule has 9 nitrogen and oxygen atoms in total. The highest BCUT2D eigenvalue weighted by molar-refractivity contribution is 5.69. The van der Waals surface area contributed by atoms with Crippen LogP contribution in [-0.2, 0) is 6.42 Å². The van der Waals surface area contributed by atoms with Crippen LogP contribution in [-0.4, -0.2) is 41.7 Å². The summed E-state index contributed by atoms with van der Waals surface area (Å²) in [6.07, 6.45) is 1.94. The molecule has 2 aromatic rings. The number of hydrogen-bond acceptors (Lipinski definition) is 8. The summed E-state index contributed by atoms with van der Waals surface area (Å²) in [6, 6.07) is 5.64. The van der Waals surface area contributed by atoms with Crippen LogP contribution in [0, 0.1) is 10.1 Å². The van der Waals surface area contributed by atoms with Crippen LogP contribution in [0.2, 0.25) is 0 Å². The van der Waals surface area contributed by atoms with Crippen molar-refractivity contribution in [2.24, 2.45) is 0 Å². The fourth-order valence-corrected chi connectivity index (χ4v) is 2.42. The lowest BCUT2D eigenvalue weighted by atomic mass is 10.1. The number of nitro groups is 1. The molecule has 9 heteroatoms. The lowest BCUT2D eigenvalue weighted by Gasteiger charge is -2.12. The van der Waals surface area contributed by atoms with Crippen molar-refractivity contribution in [1.29, 1.82) is 0 Å². The lowest BCUT2D eigenvalue weighted by molar-refractivity contribution is -0.383. The van der Waals surface area contributed by atoms with Gasteiger partial charge in [0, 0.05) is 12.6 Å². The first kappa shape index (κ1) is 19.2. The van der Waals surface area contributed by atoms with Gasteiger partial charge >= 0.3 is 5.69 Å².